The van der Waals surface area contributed by atoms with Crippen molar-refractivity contribution in [2.24, 2.45) is 0 Å². The summed E-state index contributed by atoms with van der Waals surface area (Å²) < 4.78 is 15.0. The van der Waals surface area contributed by atoms with Crippen LogP contribution in [0.5, 0.6) is 0 Å². The minimum absolute atomic E-state index is 0.217. The predicted octanol–water partition coefficient (Wildman–Crippen LogP) is 4.78. The van der Waals surface area contributed by atoms with Crippen molar-refractivity contribution in [3.8, 4) is 0 Å². The van der Waals surface area contributed by atoms with Crippen LogP contribution in [0.3, 0.4) is 0 Å². The van der Waals surface area contributed by atoms with Crippen LogP contribution < -0.4 is 5.32 Å². The van der Waals surface area contributed by atoms with E-state index >= 15 is 0 Å². The SMILES string of the molecule is Fc1ccc(C2C=C(c3ccc(Cl)cc3Cl)Nc3ncnn32)cc1. The van der Waals surface area contributed by atoms with E-state index in [1.165, 1.54) is 18.5 Å². The van der Waals surface area contributed by atoms with Gasteiger partial charge in [-0.2, -0.15) is 10.1 Å². The monoisotopic (exact) mass is 360 g/mol. The molecule has 24 heavy (non-hydrogen) atoms. The van der Waals surface area contributed by atoms with Gasteiger partial charge >= 0.3 is 0 Å². The van der Waals surface area contributed by atoms with E-state index in [1.807, 2.05) is 12.1 Å². The standard InChI is InChI=1S/C17H11Cl2FN4/c18-11-3-6-13(14(19)7-11)15-8-16(10-1-4-12(20)5-2-10)24-17(23-15)21-9-22-24/h1-9,16H,(H,21,22,23). The van der Waals surface area contributed by atoms with Crippen LogP contribution in [0, 0.1) is 5.82 Å². The minimum atomic E-state index is -0.281. The van der Waals surface area contributed by atoms with Gasteiger partial charge in [0.1, 0.15) is 18.2 Å². The van der Waals surface area contributed by atoms with E-state index in [2.05, 4.69) is 15.4 Å². The molecule has 1 N–H and O–H groups in total. The Balaban J connectivity index is 1.82. The molecular weight excluding hydrogens is 350 g/mol. The van der Waals surface area contributed by atoms with Crippen LogP contribution in [0.2, 0.25) is 10.0 Å². The molecule has 0 bridgehead atoms. The second-order valence-corrected chi connectivity index (χ2v) is 6.20. The summed E-state index contributed by atoms with van der Waals surface area (Å²) in [5, 5.41) is 8.57. The smallest absolute Gasteiger partial charge is 0.226 e. The Kier molecular flexibility index (Phi) is 3.75. The molecule has 2 heterocycles. The maximum absolute atomic E-state index is 13.2. The van der Waals surface area contributed by atoms with Crippen molar-refractivity contribution < 1.29 is 4.39 Å². The number of nitrogens with one attached hydrogen (secondary N) is 1. The third-order valence-electron chi connectivity index (χ3n) is 3.84. The number of aromatic nitrogens is 3. The number of nitrogens with zero attached hydrogens (tertiary/aromatic N) is 3. The highest BCUT2D eigenvalue weighted by Gasteiger charge is 2.24. The van der Waals surface area contributed by atoms with E-state index in [0.29, 0.717) is 16.0 Å². The van der Waals surface area contributed by atoms with E-state index in [1.54, 1.807) is 28.9 Å². The topological polar surface area (TPSA) is 42.7 Å². The van der Waals surface area contributed by atoms with Gasteiger partial charge in [0, 0.05) is 16.3 Å². The summed E-state index contributed by atoms with van der Waals surface area (Å²) in [6.45, 7) is 0. The van der Waals surface area contributed by atoms with E-state index in [-0.39, 0.29) is 11.9 Å². The molecule has 4 nitrogen and oxygen atoms in total. The van der Waals surface area contributed by atoms with Gasteiger partial charge in [0.05, 0.1) is 5.02 Å². The first-order valence-electron chi connectivity index (χ1n) is 7.21. The molecule has 0 amide bonds. The Morgan fingerprint density at radius 1 is 1.08 bits per heavy atom. The molecule has 1 aliphatic heterocycles. The van der Waals surface area contributed by atoms with E-state index < -0.39 is 0 Å². The number of halogens is 3. The quantitative estimate of drug-likeness (QED) is 0.714. The fourth-order valence-electron chi connectivity index (χ4n) is 2.70. The summed E-state index contributed by atoms with van der Waals surface area (Å²) in [5.74, 6) is 0.310. The average molecular weight is 361 g/mol. The normalized spacial score (nSPS) is 16.3. The Labute approximate surface area is 147 Å². The second-order valence-electron chi connectivity index (χ2n) is 5.35. The van der Waals surface area contributed by atoms with Gasteiger partial charge in [-0.25, -0.2) is 9.07 Å². The minimum Gasteiger partial charge on any atom is -0.324 e. The van der Waals surface area contributed by atoms with Crippen LogP contribution in [-0.2, 0) is 0 Å². The summed E-state index contributed by atoms with van der Waals surface area (Å²) in [7, 11) is 0. The molecule has 1 unspecified atom stereocenters. The Morgan fingerprint density at radius 3 is 2.62 bits per heavy atom. The molecule has 7 heteroatoms. The van der Waals surface area contributed by atoms with E-state index in [9.17, 15) is 4.39 Å². The molecule has 1 aromatic heterocycles. The zero-order valence-electron chi connectivity index (χ0n) is 12.2. The van der Waals surface area contributed by atoms with Crippen molar-refractivity contribution in [2.75, 3.05) is 5.32 Å². The summed E-state index contributed by atoms with van der Waals surface area (Å²) in [6.07, 6.45) is 3.45. The van der Waals surface area contributed by atoms with Crippen molar-refractivity contribution in [1.82, 2.24) is 14.8 Å². The van der Waals surface area contributed by atoms with Crippen molar-refractivity contribution in [1.29, 1.82) is 0 Å². The van der Waals surface area contributed by atoms with Gasteiger partial charge < -0.3 is 5.32 Å². The molecule has 0 spiro atoms. The Bertz CT molecular complexity index is 934. The predicted molar refractivity (Wildman–Crippen MR) is 92.6 cm³/mol. The molecule has 4 rings (SSSR count). The van der Waals surface area contributed by atoms with Crippen LogP contribution in [-0.4, -0.2) is 14.8 Å². The maximum atomic E-state index is 13.2. The van der Waals surface area contributed by atoms with Gasteiger partial charge in [0.25, 0.3) is 0 Å². The zero-order chi connectivity index (χ0) is 16.7. The van der Waals surface area contributed by atoms with Crippen LogP contribution in [0.25, 0.3) is 5.70 Å². The first-order valence-corrected chi connectivity index (χ1v) is 7.96. The number of fused-ring (bicyclic) bond motifs is 1. The number of rotatable bonds is 2. The average Bonchev–Trinajstić information content (AvgIpc) is 3.03. The van der Waals surface area contributed by atoms with E-state index in [4.69, 9.17) is 23.2 Å². The summed E-state index contributed by atoms with van der Waals surface area (Å²) in [4.78, 5) is 4.23. The Morgan fingerprint density at radius 2 is 1.88 bits per heavy atom. The first kappa shape index (κ1) is 15.2. The lowest BCUT2D eigenvalue weighted by atomic mass is 10.0. The molecule has 0 saturated carbocycles. The molecule has 0 radical (unpaired) electrons. The number of hydrogen-bond donors (Lipinski definition) is 1. The van der Waals surface area contributed by atoms with Gasteiger partial charge in [-0.15, -0.1) is 0 Å². The summed E-state index contributed by atoms with van der Waals surface area (Å²) >= 11 is 12.3. The molecule has 1 aliphatic rings. The van der Waals surface area contributed by atoms with Crippen LogP contribution in [0.4, 0.5) is 10.3 Å². The Hall–Kier alpha value is -2.37. The fraction of sp³-hybridized carbons (Fsp3) is 0.0588. The molecule has 2 aromatic carbocycles. The maximum Gasteiger partial charge on any atom is 0.226 e. The largest absolute Gasteiger partial charge is 0.324 e. The number of hydrogen-bond acceptors (Lipinski definition) is 3. The van der Waals surface area contributed by atoms with Gasteiger partial charge in [0.2, 0.25) is 5.95 Å². The van der Waals surface area contributed by atoms with Crippen molar-refractivity contribution in [3.63, 3.8) is 0 Å². The molecular formula is C17H11Cl2FN4. The first-order chi connectivity index (χ1) is 11.6. The molecule has 3 aromatic rings. The van der Waals surface area contributed by atoms with Crippen LogP contribution >= 0.6 is 23.2 Å². The van der Waals surface area contributed by atoms with Crippen molar-refractivity contribution in [2.45, 2.75) is 6.04 Å². The summed E-state index contributed by atoms with van der Waals surface area (Å²) in [5.41, 5.74) is 2.50. The van der Waals surface area contributed by atoms with Crippen molar-refractivity contribution >= 4 is 34.8 Å². The molecule has 0 aliphatic carbocycles. The van der Waals surface area contributed by atoms with Gasteiger partial charge in [0.15, 0.2) is 0 Å². The van der Waals surface area contributed by atoms with Gasteiger partial charge in [-0.05, 0) is 42.0 Å². The lowest BCUT2D eigenvalue weighted by Crippen LogP contribution is -2.20. The second kappa shape index (κ2) is 5.92. The summed E-state index contributed by atoms with van der Waals surface area (Å²) in [6, 6.07) is 11.4. The van der Waals surface area contributed by atoms with E-state index in [0.717, 1.165) is 16.8 Å². The molecule has 1 atom stereocenters. The number of allylic oxidation sites excluding steroid dienone is 1. The number of anilines is 1. The highest BCUT2D eigenvalue weighted by atomic mass is 35.5. The lowest BCUT2D eigenvalue weighted by Gasteiger charge is -2.24. The fourth-order valence-corrected chi connectivity index (χ4v) is 3.21. The lowest BCUT2D eigenvalue weighted by molar-refractivity contribution is 0.603. The molecule has 0 saturated heterocycles. The molecule has 120 valence electrons. The van der Waals surface area contributed by atoms with Crippen LogP contribution in [0.1, 0.15) is 17.2 Å². The molecule has 0 fully saturated rings. The highest BCUT2D eigenvalue weighted by Crippen LogP contribution is 2.35. The van der Waals surface area contributed by atoms with Gasteiger partial charge in [-0.3, -0.25) is 0 Å². The third kappa shape index (κ3) is 2.66. The van der Waals surface area contributed by atoms with Crippen molar-refractivity contribution in [3.05, 3.63) is 81.9 Å². The van der Waals surface area contributed by atoms with Crippen LogP contribution in [0.15, 0.2) is 54.9 Å². The van der Waals surface area contributed by atoms with Gasteiger partial charge in [-0.1, -0.05) is 35.3 Å². The zero-order valence-corrected chi connectivity index (χ0v) is 13.8. The highest BCUT2D eigenvalue weighted by molar-refractivity contribution is 6.35. The third-order valence-corrected chi connectivity index (χ3v) is 4.39. The number of benzene rings is 2.